The highest BCUT2D eigenvalue weighted by Crippen LogP contribution is 2.07. The zero-order valence-electron chi connectivity index (χ0n) is 13.0. The van der Waals surface area contributed by atoms with E-state index in [1.807, 2.05) is 9.47 Å². The quantitative estimate of drug-likeness (QED) is 0.741. The number of aromatic nitrogens is 2. The smallest absolute Gasteiger partial charge is 0.274 e. The molecule has 118 valence electrons. The third kappa shape index (κ3) is 4.52. The molecule has 0 aromatic carbocycles. The van der Waals surface area contributed by atoms with Crippen LogP contribution in [0, 0.1) is 0 Å². The van der Waals surface area contributed by atoms with Crippen molar-refractivity contribution in [3.05, 3.63) is 18.2 Å². The summed E-state index contributed by atoms with van der Waals surface area (Å²) in [6.07, 6.45) is 3.46. The van der Waals surface area contributed by atoms with Crippen molar-refractivity contribution < 1.29 is 4.79 Å². The van der Waals surface area contributed by atoms with E-state index in [-0.39, 0.29) is 5.91 Å². The van der Waals surface area contributed by atoms with Crippen LogP contribution in [0.4, 0.5) is 0 Å². The van der Waals surface area contributed by atoms with E-state index < -0.39 is 0 Å². The molecule has 1 amide bonds. The van der Waals surface area contributed by atoms with Crippen molar-refractivity contribution in [2.24, 2.45) is 5.73 Å². The molecule has 1 aliphatic rings. The molecule has 1 aromatic heterocycles. The number of carbonyl (C=O) groups is 1. The standard InChI is InChI=1S/C14H26N6O/c1-17(2)5-6-18-7-9-20(10-8-18)14(21)13-11-19(4-3-15)12-16-13/h11-12H,3-10,15H2,1-2H3. The van der Waals surface area contributed by atoms with Crippen LogP contribution < -0.4 is 5.73 Å². The van der Waals surface area contributed by atoms with Gasteiger partial charge in [0.25, 0.3) is 5.91 Å². The van der Waals surface area contributed by atoms with Crippen LogP contribution in [-0.2, 0) is 6.54 Å². The molecule has 7 nitrogen and oxygen atoms in total. The second-order valence-electron chi connectivity index (χ2n) is 5.72. The van der Waals surface area contributed by atoms with Gasteiger partial charge >= 0.3 is 0 Å². The number of carbonyl (C=O) groups excluding carboxylic acids is 1. The normalized spacial score (nSPS) is 16.7. The van der Waals surface area contributed by atoms with Crippen LogP contribution in [0.3, 0.4) is 0 Å². The fourth-order valence-corrected chi connectivity index (χ4v) is 2.42. The predicted octanol–water partition coefficient (Wildman–Crippen LogP) is -0.839. The van der Waals surface area contributed by atoms with Gasteiger partial charge in [-0.2, -0.15) is 0 Å². The zero-order valence-corrected chi connectivity index (χ0v) is 13.0. The summed E-state index contributed by atoms with van der Waals surface area (Å²) in [6, 6.07) is 0. The Labute approximate surface area is 126 Å². The van der Waals surface area contributed by atoms with Gasteiger partial charge in [0.15, 0.2) is 0 Å². The number of hydrogen-bond acceptors (Lipinski definition) is 5. The van der Waals surface area contributed by atoms with Gasteiger partial charge in [-0.25, -0.2) is 4.98 Å². The SMILES string of the molecule is CN(C)CCN1CCN(C(=O)c2cn(CCN)cn2)CC1. The number of imidazole rings is 1. The topological polar surface area (TPSA) is 70.6 Å². The average Bonchev–Trinajstić information content (AvgIpc) is 2.94. The average molecular weight is 294 g/mol. The van der Waals surface area contributed by atoms with Crippen molar-refractivity contribution >= 4 is 5.91 Å². The van der Waals surface area contributed by atoms with Crippen molar-refractivity contribution in [3.63, 3.8) is 0 Å². The highest BCUT2D eigenvalue weighted by molar-refractivity contribution is 5.92. The highest BCUT2D eigenvalue weighted by atomic mass is 16.2. The molecule has 2 N–H and O–H groups in total. The lowest BCUT2D eigenvalue weighted by Crippen LogP contribution is -2.50. The van der Waals surface area contributed by atoms with Gasteiger partial charge in [-0.1, -0.05) is 0 Å². The number of nitrogens with zero attached hydrogens (tertiary/aromatic N) is 5. The first-order chi connectivity index (χ1) is 10.1. The van der Waals surface area contributed by atoms with E-state index in [4.69, 9.17) is 5.73 Å². The van der Waals surface area contributed by atoms with Gasteiger partial charge in [0, 0.05) is 58.6 Å². The maximum Gasteiger partial charge on any atom is 0.274 e. The summed E-state index contributed by atoms with van der Waals surface area (Å²) in [7, 11) is 4.16. The summed E-state index contributed by atoms with van der Waals surface area (Å²) in [5.74, 6) is 0.0260. The third-order valence-electron chi connectivity index (χ3n) is 3.76. The molecular weight excluding hydrogens is 268 g/mol. The zero-order chi connectivity index (χ0) is 15.2. The van der Waals surface area contributed by atoms with E-state index in [1.54, 1.807) is 12.5 Å². The predicted molar refractivity (Wildman–Crippen MR) is 82.2 cm³/mol. The third-order valence-corrected chi connectivity index (χ3v) is 3.76. The summed E-state index contributed by atoms with van der Waals surface area (Å²) in [5.41, 5.74) is 6.02. The minimum absolute atomic E-state index is 0.0260. The van der Waals surface area contributed by atoms with E-state index in [0.29, 0.717) is 18.8 Å². The molecule has 7 heteroatoms. The van der Waals surface area contributed by atoms with Gasteiger partial charge in [0.2, 0.25) is 0 Å². The number of likely N-dealkylation sites (N-methyl/N-ethyl adjacent to an activating group) is 1. The van der Waals surface area contributed by atoms with Gasteiger partial charge < -0.3 is 20.1 Å². The lowest BCUT2D eigenvalue weighted by molar-refractivity contribution is 0.0624. The number of amides is 1. The Bertz CT molecular complexity index is 450. The van der Waals surface area contributed by atoms with Gasteiger partial charge in [-0.15, -0.1) is 0 Å². The highest BCUT2D eigenvalue weighted by Gasteiger charge is 2.23. The Kier molecular flexibility index (Phi) is 5.72. The van der Waals surface area contributed by atoms with Crippen LogP contribution in [0.2, 0.25) is 0 Å². The van der Waals surface area contributed by atoms with Crippen LogP contribution in [0.5, 0.6) is 0 Å². The Morgan fingerprint density at radius 3 is 2.62 bits per heavy atom. The molecule has 0 spiro atoms. The van der Waals surface area contributed by atoms with E-state index in [9.17, 15) is 4.79 Å². The second-order valence-corrected chi connectivity index (χ2v) is 5.72. The van der Waals surface area contributed by atoms with Gasteiger partial charge in [-0.05, 0) is 14.1 Å². The molecule has 1 saturated heterocycles. The summed E-state index contributed by atoms with van der Waals surface area (Å²) < 4.78 is 1.86. The van der Waals surface area contributed by atoms with E-state index >= 15 is 0 Å². The van der Waals surface area contributed by atoms with Crippen molar-refractivity contribution in [3.8, 4) is 0 Å². The van der Waals surface area contributed by atoms with Crippen molar-refractivity contribution in [2.45, 2.75) is 6.54 Å². The Hall–Kier alpha value is -1.44. The van der Waals surface area contributed by atoms with E-state index in [1.165, 1.54) is 0 Å². The monoisotopic (exact) mass is 294 g/mol. The van der Waals surface area contributed by atoms with Crippen molar-refractivity contribution in [1.29, 1.82) is 0 Å². The van der Waals surface area contributed by atoms with Crippen LogP contribution in [-0.4, -0.2) is 90.1 Å². The molecule has 0 saturated carbocycles. The number of rotatable bonds is 6. The first kappa shape index (κ1) is 15.9. The molecule has 2 heterocycles. The van der Waals surface area contributed by atoms with Crippen LogP contribution in [0.1, 0.15) is 10.5 Å². The summed E-state index contributed by atoms with van der Waals surface area (Å²) in [6.45, 7) is 6.77. The maximum absolute atomic E-state index is 12.4. The molecule has 2 rings (SSSR count). The number of nitrogens with two attached hydrogens (primary N) is 1. The van der Waals surface area contributed by atoms with Crippen LogP contribution >= 0.6 is 0 Å². The largest absolute Gasteiger partial charge is 0.335 e. The molecule has 1 fully saturated rings. The van der Waals surface area contributed by atoms with Crippen molar-refractivity contribution in [2.75, 3.05) is 59.9 Å². The van der Waals surface area contributed by atoms with Gasteiger partial charge in [0.1, 0.15) is 5.69 Å². The fourth-order valence-electron chi connectivity index (χ4n) is 2.42. The minimum atomic E-state index is 0.0260. The molecular formula is C14H26N6O. The molecule has 0 aliphatic carbocycles. The second kappa shape index (κ2) is 7.53. The lowest BCUT2D eigenvalue weighted by atomic mass is 10.3. The first-order valence-corrected chi connectivity index (χ1v) is 7.48. The molecule has 0 atom stereocenters. The van der Waals surface area contributed by atoms with Crippen LogP contribution in [0.25, 0.3) is 0 Å². The maximum atomic E-state index is 12.4. The fraction of sp³-hybridized carbons (Fsp3) is 0.714. The van der Waals surface area contributed by atoms with Gasteiger partial charge in [0.05, 0.1) is 6.33 Å². The number of hydrogen-bond donors (Lipinski definition) is 1. The molecule has 0 bridgehead atoms. The minimum Gasteiger partial charge on any atom is -0.335 e. The molecule has 21 heavy (non-hydrogen) atoms. The molecule has 1 aromatic rings. The molecule has 0 unspecified atom stereocenters. The van der Waals surface area contributed by atoms with Crippen molar-refractivity contribution in [1.82, 2.24) is 24.3 Å². The summed E-state index contributed by atoms with van der Waals surface area (Å²) in [4.78, 5) is 23.0. The lowest BCUT2D eigenvalue weighted by Gasteiger charge is -2.34. The number of piperazine rings is 1. The van der Waals surface area contributed by atoms with Crippen LogP contribution in [0.15, 0.2) is 12.5 Å². The Morgan fingerprint density at radius 1 is 1.29 bits per heavy atom. The molecule has 0 radical (unpaired) electrons. The van der Waals surface area contributed by atoms with Gasteiger partial charge in [-0.3, -0.25) is 9.69 Å². The molecule has 1 aliphatic heterocycles. The van der Waals surface area contributed by atoms with E-state index in [0.717, 1.165) is 39.3 Å². The summed E-state index contributed by atoms with van der Waals surface area (Å²) in [5, 5.41) is 0. The Balaban J connectivity index is 1.82. The first-order valence-electron chi connectivity index (χ1n) is 7.48. The van der Waals surface area contributed by atoms with E-state index in [2.05, 4.69) is 28.9 Å². The Morgan fingerprint density at radius 2 is 2.00 bits per heavy atom. The summed E-state index contributed by atoms with van der Waals surface area (Å²) >= 11 is 0.